The first kappa shape index (κ1) is 20.1. The van der Waals surface area contributed by atoms with Gasteiger partial charge in [0.05, 0.1) is 18.8 Å². The Balaban J connectivity index is 2.29. The van der Waals surface area contributed by atoms with Gasteiger partial charge in [-0.25, -0.2) is 14.0 Å². The van der Waals surface area contributed by atoms with Crippen LogP contribution in [0.25, 0.3) is 0 Å². The molecule has 0 radical (unpaired) electrons. The van der Waals surface area contributed by atoms with E-state index in [1.165, 1.54) is 12.3 Å². The molecule has 9 nitrogen and oxygen atoms in total. The molecule has 2 rings (SSSR count). The maximum absolute atomic E-state index is 15.2. The average Bonchev–Trinajstić information content (AvgIpc) is 2.50. The summed E-state index contributed by atoms with van der Waals surface area (Å²) in [4.78, 5) is 27.6. The lowest BCUT2D eigenvalue weighted by Gasteiger charge is -2.42. The minimum absolute atomic E-state index is 0.000767. The minimum atomic E-state index is -1.84. The maximum atomic E-state index is 15.2. The fourth-order valence-electron chi connectivity index (χ4n) is 2.80. The van der Waals surface area contributed by atoms with Crippen LogP contribution >= 0.6 is 0 Å². The highest BCUT2D eigenvalue weighted by molar-refractivity contribution is 5.61. The van der Waals surface area contributed by atoms with Crippen molar-refractivity contribution in [3.63, 3.8) is 0 Å². The standard InChI is InChI=1S/C16H24FN3O6/c1-8-12(20-6-5-10(18)19-14(20)22)11(17)13(9(7-21)24-8)25-15(23)26-16(2,3)4/h5-6,8-9,11-13,21H,7H2,1-4H3,(H2,18,19,22)/t8?,9-,11-,12-,13?/m1/s1. The quantitative estimate of drug-likeness (QED) is 0.745. The number of nitrogen functional groups attached to an aromatic ring is 1. The summed E-state index contributed by atoms with van der Waals surface area (Å²) in [5, 5.41) is 9.47. The summed E-state index contributed by atoms with van der Waals surface area (Å²) in [6, 6.07) is 0.230. The summed E-state index contributed by atoms with van der Waals surface area (Å²) in [6.45, 7) is 5.87. The summed E-state index contributed by atoms with van der Waals surface area (Å²) in [5.74, 6) is 0.000767. The zero-order chi connectivity index (χ0) is 19.6. The van der Waals surface area contributed by atoms with Crippen molar-refractivity contribution >= 4 is 12.0 Å². The third-order valence-electron chi connectivity index (χ3n) is 3.85. The number of rotatable bonds is 3. The molecule has 0 aliphatic carbocycles. The van der Waals surface area contributed by atoms with E-state index in [0.717, 1.165) is 4.57 Å². The van der Waals surface area contributed by atoms with Gasteiger partial charge in [0, 0.05) is 6.20 Å². The van der Waals surface area contributed by atoms with E-state index in [9.17, 15) is 14.7 Å². The summed E-state index contributed by atoms with van der Waals surface area (Å²) < 4.78 is 31.9. The van der Waals surface area contributed by atoms with Crippen molar-refractivity contribution in [3.05, 3.63) is 22.7 Å². The van der Waals surface area contributed by atoms with E-state index in [1.54, 1.807) is 27.7 Å². The monoisotopic (exact) mass is 373 g/mol. The molecule has 0 bridgehead atoms. The molecule has 1 aromatic rings. The van der Waals surface area contributed by atoms with Crippen molar-refractivity contribution in [2.75, 3.05) is 12.3 Å². The molecule has 0 aromatic carbocycles. The van der Waals surface area contributed by atoms with Crippen molar-refractivity contribution in [2.24, 2.45) is 0 Å². The number of aromatic nitrogens is 2. The van der Waals surface area contributed by atoms with Gasteiger partial charge in [0.2, 0.25) is 0 Å². The molecule has 1 aliphatic heterocycles. The van der Waals surface area contributed by atoms with E-state index in [2.05, 4.69) is 4.98 Å². The molecule has 1 aliphatic rings. The largest absolute Gasteiger partial charge is 0.509 e. The Labute approximate surface area is 149 Å². The summed E-state index contributed by atoms with van der Waals surface area (Å²) in [6.07, 6.45) is -4.98. The Hall–Kier alpha value is -2.20. The van der Waals surface area contributed by atoms with Gasteiger partial charge >= 0.3 is 11.8 Å². The van der Waals surface area contributed by atoms with Crippen LogP contribution in [0.5, 0.6) is 0 Å². The summed E-state index contributed by atoms with van der Waals surface area (Å²) in [7, 11) is 0. The lowest BCUT2D eigenvalue weighted by molar-refractivity contribution is -0.190. The first-order chi connectivity index (χ1) is 12.0. The van der Waals surface area contributed by atoms with Crippen LogP contribution in [0.1, 0.15) is 33.7 Å². The number of aliphatic hydroxyl groups excluding tert-OH is 1. The molecular formula is C16H24FN3O6. The topological polar surface area (TPSA) is 126 Å². The van der Waals surface area contributed by atoms with Crippen molar-refractivity contribution in [2.45, 2.75) is 63.8 Å². The fraction of sp³-hybridized carbons (Fsp3) is 0.688. The average molecular weight is 373 g/mol. The van der Waals surface area contributed by atoms with Gasteiger partial charge in [-0.1, -0.05) is 0 Å². The second kappa shape index (κ2) is 7.58. The number of anilines is 1. The predicted octanol–water partition coefficient (Wildman–Crippen LogP) is 0.805. The molecule has 0 saturated carbocycles. The number of halogens is 1. The SMILES string of the molecule is CC1O[C@H](CO)C(OC(=O)OC(C)(C)C)[C@H](F)[C@@H]1n1ccc(N)nc1=O. The van der Waals surface area contributed by atoms with E-state index in [0.29, 0.717) is 0 Å². The Kier molecular flexibility index (Phi) is 5.87. The van der Waals surface area contributed by atoms with Crippen LogP contribution < -0.4 is 11.4 Å². The normalized spacial score (nSPS) is 29.2. The van der Waals surface area contributed by atoms with E-state index < -0.39 is 54.6 Å². The van der Waals surface area contributed by atoms with Crippen LogP contribution in [-0.2, 0) is 14.2 Å². The zero-order valence-corrected chi connectivity index (χ0v) is 15.1. The van der Waals surface area contributed by atoms with E-state index >= 15 is 4.39 Å². The third kappa shape index (κ3) is 4.50. The van der Waals surface area contributed by atoms with Crippen molar-refractivity contribution in [1.82, 2.24) is 9.55 Å². The maximum Gasteiger partial charge on any atom is 0.509 e. The molecule has 0 amide bonds. The van der Waals surface area contributed by atoms with E-state index in [1.807, 2.05) is 0 Å². The minimum Gasteiger partial charge on any atom is -0.429 e. The van der Waals surface area contributed by atoms with Gasteiger partial charge in [-0.05, 0) is 33.8 Å². The Morgan fingerprint density at radius 1 is 1.50 bits per heavy atom. The molecule has 1 aromatic heterocycles. The second-order valence-corrected chi connectivity index (χ2v) is 7.09. The number of carbonyl (C=O) groups excluding carboxylic acids is 1. The van der Waals surface area contributed by atoms with Crippen LogP contribution in [0.3, 0.4) is 0 Å². The number of aliphatic hydroxyl groups is 1. The Morgan fingerprint density at radius 2 is 2.15 bits per heavy atom. The molecule has 2 unspecified atom stereocenters. The smallest absolute Gasteiger partial charge is 0.429 e. The highest BCUT2D eigenvalue weighted by Crippen LogP contribution is 2.33. The Morgan fingerprint density at radius 3 is 2.69 bits per heavy atom. The van der Waals surface area contributed by atoms with Crippen molar-refractivity contribution < 1.29 is 28.5 Å². The molecule has 10 heteroatoms. The molecule has 3 N–H and O–H groups in total. The molecule has 5 atom stereocenters. The number of hydrogen-bond acceptors (Lipinski definition) is 8. The second-order valence-electron chi connectivity index (χ2n) is 7.09. The van der Waals surface area contributed by atoms with Crippen molar-refractivity contribution in [1.29, 1.82) is 0 Å². The number of nitrogens with two attached hydrogens (primary N) is 1. The van der Waals surface area contributed by atoms with Crippen LogP contribution in [0.15, 0.2) is 17.1 Å². The molecule has 1 fully saturated rings. The molecular weight excluding hydrogens is 349 g/mol. The number of carbonyl (C=O) groups is 1. The van der Waals surface area contributed by atoms with Gasteiger partial charge in [-0.15, -0.1) is 0 Å². The lowest BCUT2D eigenvalue weighted by Crippen LogP contribution is -2.56. The number of hydrogen-bond donors (Lipinski definition) is 2. The number of nitrogens with zero attached hydrogens (tertiary/aromatic N) is 2. The molecule has 1 saturated heterocycles. The number of ether oxygens (including phenoxy) is 3. The molecule has 26 heavy (non-hydrogen) atoms. The first-order valence-electron chi connectivity index (χ1n) is 8.18. The zero-order valence-electron chi connectivity index (χ0n) is 15.1. The van der Waals surface area contributed by atoms with Crippen LogP contribution in [-0.4, -0.2) is 57.5 Å². The highest BCUT2D eigenvalue weighted by atomic mass is 19.1. The van der Waals surface area contributed by atoms with Crippen LogP contribution in [0.2, 0.25) is 0 Å². The van der Waals surface area contributed by atoms with Gasteiger partial charge in [0.25, 0.3) is 0 Å². The predicted molar refractivity (Wildman–Crippen MR) is 89.4 cm³/mol. The van der Waals surface area contributed by atoms with Crippen molar-refractivity contribution in [3.8, 4) is 0 Å². The van der Waals surface area contributed by atoms with Gasteiger partial charge in [-0.2, -0.15) is 4.98 Å². The third-order valence-corrected chi connectivity index (χ3v) is 3.85. The first-order valence-corrected chi connectivity index (χ1v) is 8.18. The number of alkyl halides is 1. The summed E-state index contributed by atoms with van der Waals surface area (Å²) in [5.41, 5.74) is 3.86. The highest BCUT2D eigenvalue weighted by Gasteiger charge is 2.48. The van der Waals surface area contributed by atoms with Gasteiger partial charge in [0.1, 0.15) is 17.5 Å². The van der Waals surface area contributed by atoms with Crippen LogP contribution in [0, 0.1) is 0 Å². The van der Waals surface area contributed by atoms with Crippen LogP contribution in [0.4, 0.5) is 15.0 Å². The Bertz CT molecular complexity index is 704. The van der Waals surface area contributed by atoms with E-state index in [4.69, 9.17) is 19.9 Å². The van der Waals surface area contributed by atoms with Gasteiger partial charge < -0.3 is 25.1 Å². The molecule has 0 spiro atoms. The van der Waals surface area contributed by atoms with E-state index in [-0.39, 0.29) is 5.82 Å². The lowest BCUT2D eigenvalue weighted by atomic mass is 9.94. The molecule has 2 heterocycles. The van der Waals surface area contributed by atoms with Gasteiger partial charge in [0.15, 0.2) is 12.3 Å². The summed E-state index contributed by atoms with van der Waals surface area (Å²) >= 11 is 0. The van der Waals surface area contributed by atoms with Gasteiger partial charge in [-0.3, -0.25) is 4.57 Å². The fourth-order valence-corrected chi connectivity index (χ4v) is 2.80. The molecule has 146 valence electrons.